The third-order valence-corrected chi connectivity index (χ3v) is 6.06. The Balaban J connectivity index is 1.46. The molecule has 31 heavy (non-hydrogen) atoms. The first-order chi connectivity index (χ1) is 14.9. The molecule has 2 aromatic rings. The zero-order valence-electron chi connectivity index (χ0n) is 18.1. The topological polar surface area (TPSA) is 79.0 Å². The normalized spacial score (nSPS) is 17.6. The molecule has 1 fully saturated rings. The van der Waals surface area contributed by atoms with E-state index < -0.39 is 5.92 Å². The van der Waals surface area contributed by atoms with E-state index in [0.717, 1.165) is 40.4 Å². The number of fused-ring (bicyclic) bond motifs is 1. The minimum atomic E-state index is -0.416. The van der Waals surface area contributed by atoms with E-state index in [2.05, 4.69) is 5.32 Å². The maximum absolute atomic E-state index is 12.8. The van der Waals surface area contributed by atoms with Crippen LogP contribution in [-0.2, 0) is 20.8 Å². The van der Waals surface area contributed by atoms with Gasteiger partial charge in [0.25, 0.3) is 0 Å². The quantitative estimate of drug-likeness (QED) is 0.804. The Morgan fingerprint density at radius 2 is 2.00 bits per heavy atom. The second-order valence-electron chi connectivity index (χ2n) is 8.04. The molecule has 0 bridgehead atoms. The lowest BCUT2D eigenvalue weighted by atomic mass is 10.1. The highest BCUT2D eigenvalue weighted by Gasteiger charge is 2.36. The van der Waals surface area contributed by atoms with E-state index in [4.69, 9.17) is 4.74 Å². The van der Waals surface area contributed by atoms with Crippen molar-refractivity contribution in [3.05, 3.63) is 47.5 Å². The van der Waals surface area contributed by atoms with E-state index in [-0.39, 0.29) is 24.1 Å². The summed E-state index contributed by atoms with van der Waals surface area (Å²) in [6.07, 6.45) is 1.42. The van der Waals surface area contributed by atoms with Crippen molar-refractivity contribution < 1.29 is 19.1 Å². The van der Waals surface area contributed by atoms with Crippen molar-refractivity contribution in [2.24, 2.45) is 5.92 Å². The lowest BCUT2D eigenvalue weighted by Gasteiger charge is -2.20. The molecule has 3 amide bonds. The summed E-state index contributed by atoms with van der Waals surface area (Å²) < 4.78 is 5.20. The largest absolute Gasteiger partial charge is 0.497 e. The van der Waals surface area contributed by atoms with Gasteiger partial charge >= 0.3 is 0 Å². The summed E-state index contributed by atoms with van der Waals surface area (Å²) >= 11 is 0. The summed E-state index contributed by atoms with van der Waals surface area (Å²) in [5.74, 6) is 0.194. The molecule has 162 valence electrons. The second-order valence-corrected chi connectivity index (χ2v) is 8.04. The molecule has 0 saturated carbocycles. The van der Waals surface area contributed by atoms with Gasteiger partial charge in [0.05, 0.1) is 13.0 Å². The van der Waals surface area contributed by atoms with Crippen LogP contribution < -0.4 is 19.9 Å². The number of methoxy groups -OCH3 is 1. The molecule has 1 N–H and O–H groups in total. The van der Waals surface area contributed by atoms with E-state index >= 15 is 0 Å². The molecule has 0 aliphatic carbocycles. The number of nitrogens with one attached hydrogen (secondary N) is 1. The van der Waals surface area contributed by atoms with Crippen LogP contribution in [0.4, 0.5) is 17.1 Å². The molecule has 1 saturated heterocycles. The summed E-state index contributed by atoms with van der Waals surface area (Å²) in [5, 5.41) is 2.94. The van der Waals surface area contributed by atoms with Crippen LogP contribution in [0.15, 0.2) is 36.4 Å². The predicted molar refractivity (Wildman–Crippen MR) is 120 cm³/mol. The van der Waals surface area contributed by atoms with Crippen LogP contribution in [0.2, 0.25) is 0 Å². The zero-order chi connectivity index (χ0) is 22.1. The molecule has 0 spiro atoms. The van der Waals surface area contributed by atoms with Crippen LogP contribution >= 0.6 is 0 Å². The van der Waals surface area contributed by atoms with Gasteiger partial charge in [0.1, 0.15) is 5.75 Å². The first-order valence-electron chi connectivity index (χ1n) is 10.6. The van der Waals surface area contributed by atoms with Gasteiger partial charge in [-0.05, 0) is 60.9 Å². The van der Waals surface area contributed by atoms with Gasteiger partial charge < -0.3 is 19.9 Å². The number of anilines is 3. The van der Waals surface area contributed by atoms with Crippen LogP contribution in [0.1, 0.15) is 30.9 Å². The first-order valence-corrected chi connectivity index (χ1v) is 10.6. The SMILES string of the molecule is CCC(=O)N1CCc2cc(N3CC(C(=O)Nc4ccc(OC)cc4C)CC3=O)ccc21. The minimum Gasteiger partial charge on any atom is -0.497 e. The van der Waals surface area contributed by atoms with Crippen molar-refractivity contribution in [2.45, 2.75) is 33.1 Å². The minimum absolute atomic E-state index is 0.0639. The number of benzene rings is 2. The number of amides is 3. The number of carbonyl (C=O) groups excluding carboxylic acids is 3. The standard InChI is InChI=1S/C24H27N3O4/c1-4-22(28)26-10-9-16-12-18(5-8-21(16)26)27-14-17(13-23(27)29)24(30)25-20-7-6-19(31-3)11-15(20)2/h5-8,11-12,17H,4,9-10,13-14H2,1-3H3,(H,25,30). The van der Waals surface area contributed by atoms with Gasteiger partial charge in [0, 0.05) is 43.0 Å². The van der Waals surface area contributed by atoms with Crippen molar-refractivity contribution in [3.8, 4) is 5.75 Å². The van der Waals surface area contributed by atoms with Gasteiger partial charge in [-0.3, -0.25) is 14.4 Å². The first kappa shape index (κ1) is 20.9. The number of nitrogens with zero attached hydrogens (tertiary/aromatic N) is 2. The van der Waals surface area contributed by atoms with E-state index in [1.54, 1.807) is 23.0 Å². The lowest BCUT2D eigenvalue weighted by Crippen LogP contribution is -2.28. The second kappa shape index (κ2) is 8.41. The third-order valence-electron chi connectivity index (χ3n) is 6.06. The van der Waals surface area contributed by atoms with E-state index in [1.807, 2.05) is 44.2 Å². The Morgan fingerprint density at radius 1 is 1.19 bits per heavy atom. The molecule has 1 atom stereocenters. The Kier molecular flexibility index (Phi) is 5.67. The molecule has 2 aromatic carbocycles. The van der Waals surface area contributed by atoms with Crippen LogP contribution in [0.5, 0.6) is 5.75 Å². The molecule has 2 aliphatic heterocycles. The lowest BCUT2D eigenvalue weighted by molar-refractivity contribution is -0.122. The summed E-state index contributed by atoms with van der Waals surface area (Å²) in [5.41, 5.74) is 4.39. The van der Waals surface area contributed by atoms with Crippen molar-refractivity contribution >= 4 is 34.8 Å². The Bertz CT molecular complexity index is 1050. The van der Waals surface area contributed by atoms with Gasteiger partial charge in [-0.15, -0.1) is 0 Å². The fourth-order valence-corrected chi connectivity index (χ4v) is 4.28. The van der Waals surface area contributed by atoms with Gasteiger partial charge in [-0.1, -0.05) is 6.92 Å². The molecular weight excluding hydrogens is 394 g/mol. The maximum atomic E-state index is 12.8. The van der Waals surface area contributed by atoms with Gasteiger partial charge in [-0.2, -0.15) is 0 Å². The van der Waals surface area contributed by atoms with Gasteiger partial charge in [-0.25, -0.2) is 0 Å². The van der Waals surface area contributed by atoms with E-state index in [9.17, 15) is 14.4 Å². The summed E-state index contributed by atoms with van der Waals surface area (Å²) in [7, 11) is 1.60. The van der Waals surface area contributed by atoms with Crippen LogP contribution in [0, 0.1) is 12.8 Å². The smallest absolute Gasteiger partial charge is 0.229 e. The highest BCUT2D eigenvalue weighted by atomic mass is 16.5. The summed E-state index contributed by atoms with van der Waals surface area (Å²) in [4.78, 5) is 41.1. The van der Waals surface area contributed by atoms with E-state index in [1.165, 1.54) is 0 Å². The molecule has 0 radical (unpaired) electrons. The summed E-state index contributed by atoms with van der Waals surface area (Å²) in [6.45, 7) is 4.78. The fourth-order valence-electron chi connectivity index (χ4n) is 4.28. The number of carbonyl (C=O) groups is 3. The predicted octanol–water partition coefficient (Wildman–Crippen LogP) is 3.29. The highest BCUT2D eigenvalue weighted by Crippen LogP contribution is 2.34. The van der Waals surface area contributed by atoms with Gasteiger partial charge in [0.2, 0.25) is 17.7 Å². The average Bonchev–Trinajstić information content (AvgIpc) is 3.37. The molecule has 7 nitrogen and oxygen atoms in total. The molecular formula is C24H27N3O4. The van der Waals surface area contributed by atoms with Crippen LogP contribution in [-0.4, -0.2) is 37.9 Å². The van der Waals surface area contributed by atoms with Gasteiger partial charge in [0.15, 0.2) is 0 Å². The number of aryl methyl sites for hydroxylation is 1. The van der Waals surface area contributed by atoms with Crippen LogP contribution in [0.3, 0.4) is 0 Å². The highest BCUT2D eigenvalue weighted by molar-refractivity contribution is 6.04. The fraction of sp³-hybridized carbons (Fsp3) is 0.375. The molecule has 7 heteroatoms. The third kappa shape index (κ3) is 4.00. The molecule has 2 aliphatic rings. The summed E-state index contributed by atoms with van der Waals surface area (Å²) in [6, 6.07) is 11.2. The van der Waals surface area contributed by atoms with Crippen molar-refractivity contribution in [2.75, 3.05) is 35.3 Å². The van der Waals surface area contributed by atoms with Crippen molar-refractivity contribution in [3.63, 3.8) is 0 Å². The molecule has 0 aromatic heterocycles. The number of ether oxygens (including phenoxy) is 1. The Labute approximate surface area is 182 Å². The Hall–Kier alpha value is -3.35. The maximum Gasteiger partial charge on any atom is 0.229 e. The van der Waals surface area contributed by atoms with E-state index in [0.29, 0.717) is 19.5 Å². The monoisotopic (exact) mass is 421 g/mol. The van der Waals surface area contributed by atoms with Crippen molar-refractivity contribution in [1.82, 2.24) is 0 Å². The van der Waals surface area contributed by atoms with Crippen molar-refractivity contribution in [1.29, 1.82) is 0 Å². The molecule has 1 unspecified atom stereocenters. The van der Waals surface area contributed by atoms with Crippen LogP contribution in [0.25, 0.3) is 0 Å². The number of hydrogen-bond donors (Lipinski definition) is 1. The Morgan fingerprint density at radius 3 is 2.71 bits per heavy atom. The number of rotatable bonds is 5. The average molecular weight is 421 g/mol. The molecule has 2 heterocycles. The zero-order valence-corrected chi connectivity index (χ0v) is 18.1. The number of hydrogen-bond acceptors (Lipinski definition) is 4. The molecule has 4 rings (SSSR count).